The molecule has 0 aliphatic carbocycles. The van der Waals surface area contributed by atoms with Gasteiger partial charge in [0.15, 0.2) is 0 Å². The summed E-state index contributed by atoms with van der Waals surface area (Å²) in [5, 5.41) is 20.0. The summed E-state index contributed by atoms with van der Waals surface area (Å²) in [5.41, 5.74) is 0. The van der Waals surface area contributed by atoms with E-state index in [9.17, 15) is 19.8 Å². The summed E-state index contributed by atoms with van der Waals surface area (Å²) >= 11 is 0. The van der Waals surface area contributed by atoms with Gasteiger partial charge in [-0.15, -0.1) is 0 Å². The third-order valence-electron chi connectivity index (χ3n) is 6.92. The van der Waals surface area contributed by atoms with E-state index in [2.05, 4.69) is 38.2 Å². The highest BCUT2D eigenvalue weighted by atomic mass is 16.6. The molecular formula is C36H62O6. The van der Waals surface area contributed by atoms with Crippen LogP contribution in [0.1, 0.15) is 142 Å². The largest absolute Gasteiger partial charge is 0.463 e. The fourth-order valence-electron chi connectivity index (χ4n) is 4.30. The Bertz CT molecular complexity index is 739. The number of hydrogen-bond acceptors (Lipinski definition) is 6. The molecule has 242 valence electrons. The highest BCUT2D eigenvalue weighted by molar-refractivity contribution is 5.69. The number of aliphatic hydroxyl groups excluding tert-OH is 2. The van der Waals surface area contributed by atoms with Crippen molar-refractivity contribution < 1.29 is 29.3 Å². The number of unbranched alkanes of at least 4 members (excludes halogenated alkanes) is 12. The Balaban J connectivity index is 3.70. The van der Waals surface area contributed by atoms with E-state index in [-0.39, 0.29) is 25.6 Å². The summed E-state index contributed by atoms with van der Waals surface area (Å²) in [6.07, 6.45) is 34.8. The predicted molar refractivity (Wildman–Crippen MR) is 174 cm³/mol. The molecule has 0 spiro atoms. The summed E-state index contributed by atoms with van der Waals surface area (Å²) in [6.45, 7) is 4.06. The first-order valence-electron chi connectivity index (χ1n) is 16.8. The molecule has 0 radical (unpaired) electrons. The number of hydrogen-bond donors (Lipinski definition) is 2. The molecule has 2 N–H and O–H groups in total. The first-order valence-corrected chi connectivity index (χ1v) is 16.8. The molecule has 0 amide bonds. The SMILES string of the molecule is CCCCC/C=C\C/C=C\C/C=C\C=C\[C@@H](O)CCCC(=O)OC[C@@H](O)COC(=O)CCCCCCCCCCCC. The molecule has 0 rings (SSSR count). The lowest BCUT2D eigenvalue weighted by molar-refractivity contribution is -0.152. The molecule has 0 saturated heterocycles. The van der Waals surface area contributed by atoms with Gasteiger partial charge >= 0.3 is 11.9 Å². The average Bonchev–Trinajstić information content (AvgIpc) is 2.98. The number of esters is 2. The van der Waals surface area contributed by atoms with Crippen LogP contribution in [-0.2, 0) is 19.1 Å². The van der Waals surface area contributed by atoms with Crippen molar-refractivity contribution in [1.29, 1.82) is 0 Å². The van der Waals surface area contributed by atoms with Gasteiger partial charge in [-0.05, 0) is 44.9 Å². The van der Waals surface area contributed by atoms with E-state index in [0.29, 0.717) is 19.3 Å². The zero-order chi connectivity index (χ0) is 30.9. The van der Waals surface area contributed by atoms with Crippen molar-refractivity contribution in [2.75, 3.05) is 13.2 Å². The molecule has 0 unspecified atom stereocenters. The van der Waals surface area contributed by atoms with Gasteiger partial charge in [0.2, 0.25) is 0 Å². The fourth-order valence-corrected chi connectivity index (χ4v) is 4.30. The van der Waals surface area contributed by atoms with Crippen LogP contribution in [0.4, 0.5) is 0 Å². The molecule has 0 fully saturated rings. The third-order valence-corrected chi connectivity index (χ3v) is 6.92. The molecule has 0 aliphatic rings. The Morgan fingerprint density at radius 3 is 1.71 bits per heavy atom. The molecule has 0 saturated carbocycles. The first-order chi connectivity index (χ1) is 20.5. The molecule has 0 bridgehead atoms. The number of ether oxygens (including phenoxy) is 2. The van der Waals surface area contributed by atoms with E-state index >= 15 is 0 Å². The van der Waals surface area contributed by atoms with Crippen molar-refractivity contribution >= 4 is 11.9 Å². The van der Waals surface area contributed by atoms with Crippen molar-refractivity contribution in [2.45, 2.75) is 154 Å². The molecule has 0 aromatic carbocycles. The Morgan fingerprint density at radius 2 is 1.10 bits per heavy atom. The van der Waals surface area contributed by atoms with Crippen molar-refractivity contribution in [3.63, 3.8) is 0 Å². The maximum atomic E-state index is 11.9. The zero-order valence-corrected chi connectivity index (χ0v) is 26.9. The van der Waals surface area contributed by atoms with Gasteiger partial charge in [0.1, 0.15) is 19.3 Å². The Morgan fingerprint density at radius 1 is 0.595 bits per heavy atom. The zero-order valence-electron chi connectivity index (χ0n) is 26.9. The minimum atomic E-state index is -1.03. The first kappa shape index (κ1) is 39.8. The van der Waals surface area contributed by atoms with Crippen LogP contribution in [0, 0.1) is 0 Å². The highest BCUT2D eigenvalue weighted by Gasteiger charge is 2.12. The molecule has 42 heavy (non-hydrogen) atoms. The van der Waals surface area contributed by atoms with Crippen LogP contribution < -0.4 is 0 Å². The van der Waals surface area contributed by atoms with Crippen molar-refractivity contribution in [1.82, 2.24) is 0 Å². The summed E-state index contributed by atoms with van der Waals surface area (Å²) in [6, 6.07) is 0. The molecule has 0 heterocycles. The maximum Gasteiger partial charge on any atom is 0.305 e. The van der Waals surface area contributed by atoms with Crippen LogP contribution >= 0.6 is 0 Å². The summed E-state index contributed by atoms with van der Waals surface area (Å²) in [7, 11) is 0. The number of aliphatic hydroxyl groups is 2. The van der Waals surface area contributed by atoms with Crippen molar-refractivity contribution in [2.24, 2.45) is 0 Å². The number of allylic oxidation sites excluding steroid dienone is 7. The second-order valence-electron chi connectivity index (χ2n) is 11.1. The smallest absolute Gasteiger partial charge is 0.305 e. The Hall–Kier alpha value is -2.18. The van der Waals surface area contributed by atoms with E-state index in [1.807, 2.05) is 18.2 Å². The van der Waals surface area contributed by atoms with Gasteiger partial charge in [-0.25, -0.2) is 0 Å². The maximum absolute atomic E-state index is 11.9. The van der Waals surface area contributed by atoms with E-state index in [0.717, 1.165) is 38.5 Å². The van der Waals surface area contributed by atoms with Gasteiger partial charge in [-0.3, -0.25) is 9.59 Å². The number of carbonyl (C=O) groups is 2. The third kappa shape index (κ3) is 30.8. The van der Waals surface area contributed by atoms with Gasteiger partial charge in [-0.1, -0.05) is 133 Å². The lowest BCUT2D eigenvalue weighted by atomic mass is 10.1. The number of rotatable bonds is 29. The normalized spacial score (nSPS) is 13.5. The van der Waals surface area contributed by atoms with Gasteiger partial charge in [0.05, 0.1) is 6.10 Å². The average molecular weight is 591 g/mol. The highest BCUT2D eigenvalue weighted by Crippen LogP contribution is 2.12. The minimum Gasteiger partial charge on any atom is -0.463 e. The van der Waals surface area contributed by atoms with Crippen LogP contribution in [-0.4, -0.2) is 47.6 Å². The number of carbonyl (C=O) groups excluding carboxylic acids is 2. The fraction of sp³-hybridized carbons (Fsp3) is 0.722. The predicted octanol–water partition coefficient (Wildman–Crippen LogP) is 8.86. The molecule has 6 nitrogen and oxygen atoms in total. The van der Waals surface area contributed by atoms with Crippen molar-refractivity contribution in [3.8, 4) is 0 Å². The van der Waals surface area contributed by atoms with Gasteiger partial charge in [0.25, 0.3) is 0 Å². The summed E-state index contributed by atoms with van der Waals surface area (Å²) in [4.78, 5) is 23.8. The lowest BCUT2D eigenvalue weighted by Crippen LogP contribution is -2.25. The monoisotopic (exact) mass is 590 g/mol. The van der Waals surface area contributed by atoms with E-state index in [1.54, 1.807) is 6.08 Å². The minimum absolute atomic E-state index is 0.157. The lowest BCUT2D eigenvalue weighted by Gasteiger charge is -2.12. The standard InChI is InChI=1S/C36H62O6/c1-3-5-7-9-11-13-15-16-17-18-20-22-24-27-33(37)28-26-30-36(40)42-32-34(38)31-41-35(39)29-25-23-21-19-14-12-10-8-6-4-2/h11,13,16-17,20,22,24,27,33-34,37-38H,3-10,12,14-15,18-19,21,23,25-26,28-32H2,1-2H3/b13-11-,17-16-,22-20-,27-24+/t33-,34+/m1/s1. The Kier molecular flexibility index (Phi) is 30.1. The van der Waals surface area contributed by atoms with Crippen molar-refractivity contribution in [3.05, 3.63) is 48.6 Å². The topological polar surface area (TPSA) is 93.1 Å². The van der Waals surface area contributed by atoms with Gasteiger partial charge in [0, 0.05) is 12.8 Å². The second kappa shape index (κ2) is 31.7. The van der Waals surface area contributed by atoms with E-state index in [4.69, 9.17) is 9.47 Å². The molecule has 6 heteroatoms. The molecule has 0 aromatic rings. The van der Waals surface area contributed by atoms with E-state index in [1.165, 1.54) is 64.2 Å². The van der Waals surface area contributed by atoms with Crippen LogP contribution in [0.25, 0.3) is 0 Å². The van der Waals surface area contributed by atoms with Crippen LogP contribution in [0.5, 0.6) is 0 Å². The molecule has 2 atom stereocenters. The summed E-state index contributed by atoms with van der Waals surface area (Å²) < 4.78 is 10.2. The van der Waals surface area contributed by atoms with Crippen LogP contribution in [0.15, 0.2) is 48.6 Å². The molecule has 0 aliphatic heterocycles. The quantitative estimate of drug-likeness (QED) is 0.0391. The van der Waals surface area contributed by atoms with Crippen LogP contribution in [0.3, 0.4) is 0 Å². The van der Waals surface area contributed by atoms with Gasteiger partial charge < -0.3 is 19.7 Å². The Labute approximate surface area is 257 Å². The molecular weight excluding hydrogens is 528 g/mol. The van der Waals surface area contributed by atoms with Gasteiger partial charge in [-0.2, -0.15) is 0 Å². The molecule has 0 aromatic heterocycles. The van der Waals surface area contributed by atoms with Crippen LogP contribution in [0.2, 0.25) is 0 Å². The summed E-state index contributed by atoms with van der Waals surface area (Å²) in [5.74, 6) is -0.765. The van der Waals surface area contributed by atoms with E-state index < -0.39 is 18.2 Å². The second-order valence-corrected chi connectivity index (χ2v) is 11.1.